The summed E-state index contributed by atoms with van der Waals surface area (Å²) in [6.07, 6.45) is -0.167. The number of likely N-dealkylation sites (N-methyl/N-ethyl adjacent to an activating group) is 1. The number of nitrogens with zero attached hydrogens (tertiary/aromatic N) is 6. The van der Waals surface area contributed by atoms with Gasteiger partial charge in [-0.2, -0.15) is 4.68 Å². The van der Waals surface area contributed by atoms with E-state index >= 15 is 0 Å². The van der Waals surface area contributed by atoms with Crippen molar-refractivity contribution in [3.63, 3.8) is 0 Å². The number of aliphatic hydroxyl groups excluding tert-OH is 1. The van der Waals surface area contributed by atoms with Gasteiger partial charge in [-0.25, -0.2) is 0 Å². The average molecular weight is 359 g/mol. The minimum atomic E-state index is -0.660. The zero-order chi connectivity index (χ0) is 18.5. The summed E-state index contributed by atoms with van der Waals surface area (Å²) in [5.41, 5.74) is 0.852. The molecule has 0 saturated carbocycles. The lowest BCUT2D eigenvalue weighted by atomic mass is 9.94. The van der Waals surface area contributed by atoms with Crippen molar-refractivity contribution in [3.05, 3.63) is 30.3 Å². The van der Waals surface area contributed by atoms with Crippen molar-refractivity contribution in [2.45, 2.75) is 12.5 Å². The maximum Gasteiger partial charge on any atom is 0.250 e. The molecule has 0 spiro atoms. The Morgan fingerprint density at radius 3 is 2.85 bits per heavy atom. The first-order valence-corrected chi connectivity index (χ1v) is 8.75. The van der Waals surface area contributed by atoms with Gasteiger partial charge < -0.3 is 20.2 Å². The first kappa shape index (κ1) is 18.3. The minimum absolute atomic E-state index is 0.136. The Morgan fingerprint density at radius 1 is 1.35 bits per heavy atom. The van der Waals surface area contributed by atoms with Crippen molar-refractivity contribution in [1.82, 2.24) is 30.4 Å². The van der Waals surface area contributed by atoms with E-state index in [1.807, 2.05) is 54.2 Å². The second-order valence-corrected chi connectivity index (χ2v) is 6.73. The molecule has 2 N–H and O–H groups in total. The number of piperidine rings is 1. The zero-order valence-corrected chi connectivity index (χ0v) is 15.1. The minimum Gasteiger partial charge on any atom is -0.392 e. The van der Waals surface area contributed by atoms with Crippen LogP contribution in [0.4, 0.5) is 5.95 Å². The number of rotatable bonds is 6. The SMILES string of the molecule is CN(C)CCNC(=O)[C@H]1CN(c2nnnn2-c2ccccc2)CC[C@H]1O. The molecule has 1 aliphatic rings. The zero-order valence-electron chi connectivity index (χ0n) is 15.1. The van der Waals surface area contributed by atoms with Crippen molar-refractivity contribution in [2.24, 2.45) is 5.92 Å². The van der Waals surface area contributed by atoms with Crippen molar-refractivity contribution in [3.8, 4) is 5.69 Å². The molecule has 1 aliphatic heterocycles. The molecule has 26 heavy (non-hydrogen) atoms. The van der Waals surface area contributed by atoms with Gasteiger partial charge in [0.1, 0.15) is 0 Å². The summed E-state index contributed by atoms with van der Waals surface area (Å²) in [7, 11) is 3.90. The highest BCUT2D eigenvalue weighted by Crippen LogP contribution is 2.23. The molecular formula is C17H25N7O2. The number of benzene rings is 1. The van der Waals surface area contributed by atoms with E-state index in [1.165, 1.54) is 0 Å². The summed E-state index contributed by atoms with van der Waals surface area (Å²) < 4.78 is 1.65. The molecule has 1 saturated heterocycles. The Kier molecular flexibility index (Phi) is 5.79. The molecule has 0 unspecified atom stereocenters. The van der Waals surface area contributed by atoms with Crippen LogP contribution >= 0.6 is 0 Å². The number of carbonyl (C=O) groups excluding carboxylic acids is 1. The third-order valence-corrected chi connectivity index (χ3v) is 4.51. The van der Waals surface area contributed by atoms with Gasteiger partial charge >= 0.3 is 0 Å². The topological polar surface area (TPSA) is 99.4 Å². The summed E-state index contributed by atoms with van der Waals surface area (Å²) >= 11 is 0. The number of hydrogen-bond acceptors (Lipinski definition) is 7. The molecule has 3 rings (SSSR count). The highest BCUT2D eigenvalue weighted by Gasteiger charge is 2.35. The van der Waals surface area contributed by atoms with E-state index in [-0.39, 0.29) is 5.91 Å². The van der Waals surface area contributed by atoms with Gasteiger partial charge in [-0.3, -0.25) is 4.79 Å². The molecule has 1 amide bonds. The molecule has 2 heterocycles. The lowest BCUT2D eigenvalue weighted by Gasteiger charge is -2.35. The van der Waals surface area contributed by atoms with Crippen molar-refractivity contribution < 1.29 is 9.90 Å². The number of anilines is 1. The Balaban J connectivity index is 1.71. The van der Waals surface area contributed by atoms with Crippen molar-refractivity contribution >= 4 is 11.9 Å². The Morgan fingerprint density at radius 2 is 2.12 bits per heavy atom. The van der Waals surface area contributed by atoms with Gasteiger partial charge in [-0.15, -0.1) is 0 Å². The Hall–Kier alpha value is -2.52. The monoisotopic (exact) mass is 359 g/mol. The van der Waals surface area contributed by atoms with Gasteiger partial charge in [-0.1, -0.05) is 23.3 Å². The van der Waals surface area contributed by atoms with Gasteiger partial charge in [0.05, 0.1) is 17.7 Å². The highest BCUT2D eigenvalue weighted by atomic mass is 16.3. The standard InChI is InChI=1S/C17H25N7O2/c1-22(2)11-9-18-16(26)14-12-23(10-8-15(14)25)17-19-20-21-24(17)13-6-4-3-5-7-13/h3-7,14-15,25H,8-12H2,1-2H3,(H,18,26)/t14-,15+/m0/s1. The molecule has 1 aromatic heterocycles. The number of tetrazole rings is 1. The maximum absolute atomic E-state index is 12.5. The summed E-state index contributed by atoms with van der Waals surface area (Å²) in [5, 5.41) is 25.2. The number of para-hydroxylation sites is 1. The number of amides is 1. The van der Waals surface area contributed by atoms with E-state index in [2.05, 4.69) is 20.8 Å². The van der Waals surface area contributed by atoms with Crippen LogP contribution in [0.15, 0.2) is 30.3 Å². The van der Waals surface area contributed by atoms with Crippen LogP contribution in [0.25, 0.3) is 5.69 Å². The van der Waals surface area contributed by atoms with Gasteiger partial charge in [0.2, 0.25) is 11.9 Å². The summed E-state index contributed by atoms with van der Waals surface area (Å²) in [4.78, 5) is 16.4. The molecule has 2 atom stereocenters. The first-order valence-electron chi connectivity index (χ1n) is 8.75. The summed E-state index contributed by atoms with van der Waals surface area (Å²) in [6, 6.07) is 9.61. The molecule has 0 radical (unpaired) electrons. The number of hydrogen-bond donors (Lipinski definition) is 2. The van der Waals surface area contributed by atoms with Gasteiger partial charge in [0, 0.05) is 26.2 Å². The predicted octanol–water partition coefficient (Wildman–Crippen LogP) is -0.473. The fourth-order valence-electron chi connectivity index (χ4n) is 3.03. The van der Waals surface area contributed by atoms with E-state index in [0.29, 0.717) is 32.0 Å². The van der Waals surface area contributed by atoms with Crippen LogP contribution in [0.1, 0.15) is 6.42 Å². The van der Waals surface area contributed by atoms with E-state index < -0.39 is 12.0 Å². The van der Waals surface area contributed by atoms with Crippen LogP contribution in [0.5, 0.6) is 0 Å². The molecule has 0 bridgehead atoms. The predicted molar refractivity (Wildman–Crippen MR) is 97.0 cm³/mol. The molecule has 2 aromatic rings. The normalized spacial score (nSPS) is 20.4. The smallest absolute Gasteiger partial charge is 0.250 e. The van der Waals surface area contributed by atoms with Crippen LogP contribution in [0, 0.1) is 5.92 Å². The molecule has 140 valence electrons. The van der Waals surface area contributed by atoms with Crippen molar-refractivity contribution in [2.75, 3.05) is 45.2 Å². The third kappa shape index (κ3) is 4.17. The van der Waals surface area contributed by atoms with Gasteiger partial charge in [0.25, 0.3) is 0 Å². The van der Waals surface area contributed by atoms with Crippen LogP contribution < -0.4 is 10.2 Å². The van der Waals surface area contributed by atoms with Gasteiger partial charge in [-0.05, 0) is 43.1 Å². The molecule has 0 aliphatic carbocycles. The first-order chi connectivity index (χ1) is 12.6. The van der Waals surface area contributed by atoms with Gasteiger partial charge in [0.15, 0.2) is 0 Å². The van der Waals surface area contributed by atoms with E-state index in [4.69, 9.17) is 0 Å². The van der Waals surface area contributed by atoms with Crippen LogP contribution in [-0.2, 0) is 4.79 Å². The molecular weight excluding hydrogens is 334 g/mol. The maximum atomic E-state index is 12.5. The number of carbonyl (C=O) groups is 1. The second kappa shape index (κ2) is 8.24. The summed E-state index contributed by atoms with van der Waals surface area (Å²) in [5.74, 6) is -0.0659. The largest absolute Gasteiger partial charge is 0.392 e. The molecule has 9 nitrogen and oxygen atoms in total. The van der Waals surface area contributed by atoms with Crippen LogP contribution in [0.3, 0.4) is 0 Å². The molecule has 1 aromatic carbocycles. The van der Waals surface area contributed by atoms with E-state index in [9.17, 15) is 9.90 Å². The average Bonchev–Trinajstić information content (AvgIpc) is 3.12. The van der Waals surface area contributed by atoms with E-state index in [1.54, 1.807) is 4.68 Å². The Bertz CT molecular complexity index is 719. The Labute approximate surface area is 152 Å². The lowest BCUT2D eigenvalue weighted by molar-refractivity contribution is -0.128. The molecule has 9 heteroatoms. The quantitative estimate of drug-likeness (QED) is 0.719. The van der Waals surface area contributed by atoms with Crippen molar-refractivity contribution in [1.29, 1.82) is 0 Å². The number of nitrogens with one attached hydrogen (secondary N) is 1. The van der Waals surface area contributed by atoms with E-state index in [0.717, 1.165) is 12.2 Å². The number of aliphatic hydroxyl groups is 1. The van der Waals surface area contributed by atoms with Crippen LogP contribution in [-0.4, -0.2) is 82.5 Å². The number of aromatic nitrogens is 4. The second-order valence-electron chi connectivity index (χ2n) is 6.73. The highest BCUT2D eigenvalue weighted by molar-refractivity contribution is 5.80. The molecule has 1 fully saturated rings. The lowest BCUT2D eigenvalue weighted by Crippen LogP contribution is -2.51. The summed E-state index contributed by atoms with van der Waals surface area (Å²) in [6.45, 7) is 2.28. The third-order valence-electron chi connectivity index (χ3n) is 4.51. The van der Waals surface area contributed by atoms with Crippen LogP contribution in [0.2, 0.25) is 0 Å². The fraction of sp³-hybridized carbons (Fsp3) is 0.529. The fourth-order valence-corrected chi connectivity index (χ4v) is 3.03.